The number of anilines is 1. The van der Waals surface area contributed by atoms with Crippen LogP contribution in [0.4, 0.5) is 10.1 Å². The molecule has 0 radical (unpaired) electrons. The molecule has 116 valence electrons. The van der Waals surface area contributed by atoms with Crippen LogP contribution < -0.4 is 4.90 Å². The average molecular weight is 319 g/mol. The fourth-order valence-electron chi connectivity index (χ4n) is 2.96. The number of aryl methyl sites for hydroxylation is 1. The van der Waals surface area contributed by atoms with E-state index in [1.54, 1.807) is 12.1 Å². The van der Waals surface area contributed by atoms with Gasteiger partial charge in [0.25, 0.3) is 0 Å². The Labute approximate surface area is 136 Å². The van der Waals surface area contributed by atoms with Gasteiger partial charge in [-0.25, -0.2) is 4.39 Å². The smallest absolute Gasteiger partial charge is 0.123 e. The summed E-state index contributed by atoms with van der Waals surface area (Å²) in [5.41, 5.74) is 3.51. The van der Waals surface area contributed by atoms with Crippen LogP contribution in [0.3, 0.4) is 0 Å². The Kier molecular flexibility index (Phi) is 4.65. The molecule has 2 aromatic carbocycles. The highest BCUT2D eigenvalue weighted by Crippen LogP contribution is 2.25. The Balaban J connectivity index is 1.61. The second-order valence-corrected chi connectivity index (χ2v) is 6.26. The van der Waals surface area contributed by atoms with Gasteiger partial charge in [0.1, 0.15) is 5.82 Å². The first-order chi connectivity index (χ1) is 10.6. The van der Waals surface area contributed by atoms with Crippen molar-refractivity contribution in [3.63, 3.8) is 0 Å². The largest absolute Gasteiger partial charge is 0.369 e. The third-order valence-corrected chi connectivity index (χ3v) is 4.41. The second kappa shape index (κ2) is 6.67. The Morgan fingerprint density at radius 2 is 1.82 bits per heavy atom. The lowest BCUT2D eigenvalue weighted by molar-refractivity contribution is 0.249. The number of piperazine rings is 1. The van der Waals surface area contributed by atoms with Crippen LogP contribution in [0, 0.1) is 12.7 Å². The van der Waals surface area contributed by atoms with E-state index in [9.17, 15) is 4.39 Å². The summed E-state index contributed by atoms with van der Waals surface area (Å²) in [6.45, 7) is 6.81. The molecule has 0 atom stereocenters. The standard InChI is InChI=1S/C18H20ClFN2/c1-14-5-6-16(19)12-18(14)22-9-7-21(8-10-22)13-15-3-2-4-17(20)11-15/h2-6,11-12H,7-10,13H2,1H3. The van der Waals surface area contributed by atoms with Gasteiger partial charge in [0.15, 0.2) is 0 Å². The molecule has 1 aliphatic rings. The zero-order valence-corrected chi connectivity index (χ0v) is 13.5. The molecule has 4 heteroatoms. The minimum absolute atomic E-state index is 0.161. The van der Waals surface area contributed by atoms with Crippen LogP contribution in [0.25, 0.3) is 0 Å². The van der Waals surface area contributed by atoms with Crippen molar-refractivity contribution in [3.05, 3.63) is 64.4 Å². The van der Waals surface area contributed by atoms with Gasteiger partial charge in [-0.2, -0.15) is 0 Å². The number of nitrogens with zero attached hydrogens (tertiary/aromatic N) is 2. The van der Waals surface area contributed by atoms with E-state index < -0.39 is 0 Å². The summed E-state index contributed by atoms with van der Waals surface area (Å²) >= 11 is 6.11. The van der Waals surface area contributed by atoms with Crippen LogP contribution in [0.15, 0.2) is 42.5 Å². The number of hydrogen-bond acceptors (Lipinski definition) is 2. The summed E-state index contributed by atoms with van der Waals surface area (Å²) in [6.07, 6.45) is 0. The third-order valence-electron chi connectivity index (χ3n) is 4.18. The molecule has 0 amide bonds. The maximum Gasteiger partial charge on any atom is 0.123 e. The quantitative estimate of drug-likeness (QED) is 0.840. The molecule has 1 saturated heterocycles. The molecule has 3 rings (SSSR count). The van der Waals surface area contributed by atoms with Gasteiger partial charge in [0, 0.05) is 43.4 Å². The number of rotatable bonds is 3. The van der Waals surface area contributed by atoms with E-state index in [2.05, 4.69) is 22.8 Å². The summed E-state index contributed by atoms with van der Waals surface area (Å²) in [5.74, 6) is -0.161. The summed E-state index contributed by atoms with van der Waals surface area (Å²) in [5, 5.41) is 0.780. The highest BCUT2D eigenvalue weighted by Gasteiger charge is 2.18. The van der Waals surface area contributed by atoms with Gasteiger partial charge in [-0.15, -0.1) is 0 Å². The molecule has 0 saturated carbocycles. The minimum Gasteiger partial charge on any atom is -0.369 e. The van der Waals surface area contributed by atoms with Gasteiger partial charge in [-0.05, 0) is 42.3 Å². The number of halogens is 2. The maximum atomic E-state index is 13.2. The Bertz CT molecular complexity index is 651. The van der Waals surface area contributed by atoms with Gasteiger partial charge in [0.2, 0.25) is 0 Å². The predicted octanol–water partition coefficient (Wildman–Crippen LogP) is 4.11. The van der Waals surface area contributed by atoms with Crippen LogP contribution in [0.5, 0.6) is 0 Å². The van der Waals surface area contributed by atoms with Crippen molar-refractivity contribution >= 4 is 17.3 Å². The third kappa shape index (κ3) is 3.60. The van der Waals surface area contributed by atoms with E-state index in [0.29, 0.717) is 0 Å². The van der Waals surface area contributed by atoms with Gasteiger partial charge in [-0.3, -0.25) is 4.90 Å². The van der Waals surface area contributed by atoms with E-state index in [1.165, 1.54) is 17.3 Å². The van der Waals surface area contributed by atoms with Crippen LogP contribution in [-0.4, -0.2) is 31.1 Å². The molecule has 0 aromatic heterocycles. The molecule has 1 heterocycles. The number of hydrogen-bond donors (Lipinski definition) is 0. The monoisotopic (exact) mass is 318 g/mol. The second-order valence-electron chi connectivity index (χ2n) is 5.82. The first-order valence-corrected chi connectivity index (χ1v) is 7.97. The Hall–Kier alpha value is -1.58. The SMILES string of the molecule is Cc1ccc(Cl)cc1N1CCN(Cc2cccc(F)c2)CC1. The highest BCUT2D eigenvalue weighted by atomic mass is 35.5. The lowest BCUT2D eigenvalue weighted by Crippen LogP contribution is -2.46. The summed E-state index contributed by atoms with van der Waals surface area (Å²) < 4.78 is 13.2. The average Bonchev–Trinajstić information content (AvgIpc) is 2.51. The highest BCUT2D eigenvalue weighted by molar-refractivity contribution is 6.30. The van der Waals surface area contributed by atoms with Crippen LogP contribution in [0.2, 0.25) is 5.02 Å². The molecule has 0 aliphatic carbocycles. The maximum absolute atomic E-state index is 13.2. The lowest BCUT2D eigenvalue weighted by Gasteiger charge is -2.37. The molecule has 0 spiro atoms. The van der Waals surface area contributed by atoms with Crippen molar-refractivity contribution in [2.45, 2.75) is 13.5 Å². The van der Waals surface area contributed by atoms with E-state index in [0.717, 1.165) is 43.3 Å². The summed E-state index contributed by atoms with van der Waals surface area (Å²) in [6, 6.07) is 12.9. The van der Waals surface area contributed by atoms with E-state index in [-0.39, 0.29) is 5.82 Å². The molecule has 2 aromatic rings. The van der Waals surface area contributed by atoms with Crippen molar-refractivity contribution in [3.8, 4) is 0 Å². The number of benzene rings is 2. The predicted molar refractivity (Wildman–Crippen MR) is 90.1 cm³/mol. The van der Waals surface area contributed by atoms with Crippen molar-refractivity contribution in [1.29, 1.82) is 0 Å². The van der Waals surface area contributed by atoms with Crippen molar-refractivity contribution in [1.82, 2.24) is 4.90 Å². The molecular formula is C18H20ClFN2. The lowest BCUT2D eigenvalue weighted by atomic mass is 10.1. The molecule has 1 fully saturated rings. The van der Waals surface area contributed by atoms with Crippen LogP contribution >= 0.6 is 11.6 Å². The van der Waals surface area contributed by atoms with Crippen molar-refractivity contribution in [2.24, 2.45) is 0 Å². The minimum atomic E-state index is -0.161. The van der Waals surface area contributed by atoms with E-state index >= 15 is 0 Å². The van der Waals surface area contributed by atoms with Crippen LogP contribution in [0.1, 0.15) is 11.1 Å². The normalized spacial score (nSPS) is 16.0. The van der Waals surface area contributed by atoms with Crippen molar-refractivity contribution in [2.75, 3.05) is 31.1 Å². The zero-order valence-electron chi connectivity index (χ0n) is 12.7. The summed E-state index contributed by atoms with van der Waals surface area (Å²) in [4.78, 5) is 4.74. The molecule has 0 N–H and O–H groups in total. The fraction of sp³-hybridized carbons (Fsp3) is 0.333. The first kappa shape index (κ1) is 15.3. The van der Waals surface area contributed by atoms with Gasteiger partial charge >= 0.3 is 0 Å². The first-order valence-electron chi connectivity index (χ1n) is 7.60. The molecular weight excluding hydrogens is 299 g/mol. The van der Waals surface area contributed by atoms with E-state index in [4.69, 9.17) is 11.6 Å². The Morgan fingerprint density at radius 3 is 2.55 bits per heavy atom. The van der Waals surface area contributed by atoms with Crippen molar-refractivity contribution < 1.29 is 4.39 Å². The molecule has 22 heavy (non-hydrogen) atoms. The van der Waals surface area contributed by atoms with Gasteiger partial charge < -0.3 is 4.90 Å². The zero-order chi connectivity index (χ0) is 15.5. The molecule has 0 bridgehead atoms. The molecule has 0 unspecified atom stereocenters. The Morgan fingerprint density at radius 1 is 1.05 bits per heavy atom. The van der Waals surface area contributed by atoms with Gasteiger partial charge in [0.05, 0.1) is 0 Å². The van der Waals surface area contributed by atoms with E-state index in [1.807, 2.05) is 18.2 Å². The van der Waals surface area contributed by atoms with Crippen LogP contribution in [-0.2, 0) is 6.54 Å². The van der Waals surface area contributed by atoms with Gasteiger partial charge in [-0.1, -0.05) is 29.8 Å². The molecule has 1 aliphatic heterocycles. The fourth-order valence-corrected chi connectivity index (χ4v) is 3.13. The topological polar surface area (TPSA) is 6.48 Å². The summed E-state index contributed by atoms with van der Waals surface area (Å²) in [7, 11) is 0. The molecule has 2 nitrogen and oxygen atoms in total.